The molecule has 0 aliphatic carbocycles. The lowest BCUT2D eigenvalue weighted by Gasteiger charge is -2.32. The Morgan fingerprint density at radius 1 is 0.971 bits per heavy atom. The third-order valence-corrected chi connectivity index (χ3v) is 7.20. The summed E-state index contributed by atoms with van der Waals surface area (Å²) in [4.78, 5) is 31.2. The van der Waals surface area contributed by atoms with Crippen molar-refractivity contribution in [3.63, 3.8) is 0 Å². The van der Waals surface area contributed by atoms with Crippen LogP contribution in [-0.2, 0) is 10.0 Å². The van der Waals surface area contributed by atoms with Crippen molar-refractivity contribution in [2.24, 2.45) is 0 Å². The third kappa shape index (κ3) is 5.55. The molecule has 0 saturated carbocycles. The quantitative estimate of drug-likeness (QED) is 0.540. The molecule has 10 heteroatoms. The minimum Gasteiger partial charge on any atom is -0.349 e. The van der Waals surface area contributed by atoms with Gasteiger partial charge >= 0.3 is 0 Å². The van der Waals surface area contributed by atoms with Gasteiger partial charge in [-0.1, -0.05) is 23.7 Å². The molecule has 2 amide bonds. The van der Waals surface area contributed by atoms with Crippen LogP contribution in [0.2, 0.25) is 5.02 Å². The van der Waals surface area contributed by atoms with Crippen molar-refractivity contribution < 1.29 is 18.0 Å². The summed E-state index contributed by atoms with van der Waals surface area (Å²) in [6, 6.07) is 15.6. The Morgan fingerprint density at radius 2 is 1.68 bits per heavy atom. The summed E-state index contributed by atoms with van der Waals surface area (Å²) in [6.07, 6.45) is 4.30. The van der Waals surface area contributed by atoms with Gasteiger partial charge in [0.05, 0.1) is 21.7 Å². The van der Waals surface area contributed by atoms with Crippen molar-refractivity contribution in [2.75, 3.05) is 17.8 Å². The lowest BCUT2D eigenvalue weighted by atomic mass is 10.0. The smallest absolute Gasteiger partial charge is 0.261 e. The fourth-order valence-corrected chi connectivity index (χ4v) is 4.94. The molecule has 176 valence electrons. The fraction of sp³-hybridized carbons (Fsp3) is 0.208. The monoisotopic (exact) mass is 498 g/mol. The summed E-state index contributed by atoms with van der Waals surface area (Å²) < 4.78 is 28.1. The normalized spacial score (nSPS) is 14.4. The molecule has 0 unspecified atom stereocenters. The van der Waals surface area contributed by atoms with Crippen molar-refractivity contribution >= 4 is 39.1 Å². The summed E-state index contributed by atoms with van der Waals surface area (Å²) >= 11 is 5.85. The molecule has 0 radical (unpaired) electrons. The number of hydrogen-bond acceptors (Lipinski definition) is 5. The molecule has 0 atom stereocenters. The number of anilines is 1. The molecular weight excluding hydrogens is 476 g/mol. The minimum atomic E-state index is -3.90. The molecule has 34 heavy (non-hydrogen) atoms. The third-order valence-electron chi connectivity index (χ3n) is 5.57. The fourth-order valence-electron chi connectivity index (χ4n) is 3.74. The van der Waals surface area contributed by atoms with Gasteiger partial charge < -0.3 is 10.2 Å². The van der Waals surface area contributed by atoms with Gasteiger partial charge in [0, 0.05) is 36.5 Å². The highest BCUT2D eigenvalue weighted by molar-refractivity contribution is 7.92. The van der Waals surface area contributed by atoms with Crippen molar-refractivity contribution in [1.29, 1.82) is 0 Å². The Morgan fingerprint density at radius 3 is 2.35 bits per heavy atom. The Labute approximate surface area is 203 Å². The van der Waals surface area contributed by atoms with Crippen molar-refractivity contribution in [3.05, 3.63) is 89.2 Å². The van der Waals surface area contributed by atoms with E-state index in [1.807, 2.05) is 0 Å². The van der Waals surface area contributed by atoms with Gasteiger partial charge in [-0.15, -0.1) is 0 Å². The molecule has 1 fully saturated rings. The van der Waals surface area contributed by atoms with Gasteiger partial charge in [0.1, 0.15) is 0 Å². The van der Waals surface area contributed by atoms with E-state index in [1.54, 1.807) is 47.5 Å². The first-order chi connectivity index (χ1) is 16.3. The lowest BCUT2D eigenvalue weighted by molar-refractivity contribution is 0.0699. The predicted molar refractivity (Wildman–Crippen MR) is 129 cm³/mol. The van der Waals surface area contributed by atoms with E-state index in [1.165, 1.54) is 30.5 Å². The first-order valence-electron chi connectivity index (χ1n) is 10.7. The van der Waals surface area contributed by atoms with Crippen LogP contribution in [0.3, 0.4) is 0 Å². The highest BCUT2D eigenvalue weighted by atomic mass is 35.5. The summed E-state index contributed by atoms with van der Waals surface area (Å²) in [5, 5.41) is 3.41. The molecule has 0 spiro atoms. The number of likely N-dealkylation sites (tertiary alicyclic amines) is 1. The maximum absolute atomic E-state index is 13.2. The van der Waals surface area contributed by atoms with Crippen molar-refractivity contribution in [1.82, 2.24) is 15.2 Å². The highest BCUT2D eigenvalue weighted by Gasteiger charge is 2.27. The number of carbonyl (C=O) groups excluding carboxylic acids is 2. The number of nitrogens with one attached hydrogen (secondary N) is 2. The van der Waals surface area contributed by atoms with Crippen LogP contribution in [0.5, 0.6) is 0 Å². The number of para-hydroxylation sites is 1. The number of aromatic nitrogens is 1. The summed E-state index contributed by atoms with van der Waals surface area (Å²) in [5.41, 5.74) is 0.954. The molecule has 4 rings (SSSR count). The molecule has 1 aromatic heterocycles. The Bertz CT molecular complexity index is 1280. The second kappa shape index (κ2) is 10.2. The predicted octanol–water partition coefficient (Wildman–Crippen LogP) is 3.57. The van der Waals surface area contributed by atoms with Gasteiger partial charge in [0.2, 0.25) is 0 Å². The van der Waals surface area contributed by atoms with Gasteiger partial charge in [-0.05, 0) is 61.4 Å². The summed E-state index contributed by atoms with van der Waals surface area (Å²) in [7, 11) is -3.90. The number of piperidine rings is 1. The first-order valence-corrected chi connectivity index (χ1v) is 12.6. The van der Waals surface area contributed by atoms with Crippen LogP contribution in [0.4, 0.5) is 5.69 Å². The number of benzene rings is 2. The van der Waals surface area contributed by atoms with E-state index < -0.39 is 10.0 Å². The zero-order valence-corrected chi connectivity index (χ0v) is 19.7. The molecule has 2 heterocycles. The molecule has 1 saturated heterocycles. The average molecular weight is 499 g/mol. The Hall–Kier alpha value is -3.43. The van der Waals surface area contributed by atoms with Crippen LogP contribution >= 0.6 is 11.6 Å². The maximum atomic E-state index is 13.2. The molecule has 2 N–H and O–H groups in total. The van der Waals surface area contributed by atoms with Crippen LogP contribution in [0.15, 0.2) is 78.0 Å². The van der Waals surface area contributed by atoms with Gasteiger partial charge in [0.15, 0.2) is 0 Å². The second-order valence-corrected chi connectivity index (χ2v) is 10.0. The number of sulfonamides is 1. The zero-order chi connectivity index (χ0) is 24.1. The highest BCUT2D eigenvalue weighted by Crippen LogP contribution is 2.24. The zero-order valence-electron chi connectivity index (χ0n) is 18.1. The summed E-state index contributed by atoms with van der Waals surface area (Å²) in [6.45, 7) is 0.879. The second-order valence-electron chi connectivity index (χ2n) is 7.89. The van der Waals surface area contributed by atoms with E-state index in [9.17, 15) is 18.0 Å². The number of pyridine rings is 1. The van der Waals surface area contributed by atoms with Gasteiger partial charge in [-0.3, -0.25) is 19.3 Å². The van der Waals surface area contributed by atoms with Crippen LogP contribution in [0, 0.1) is 0 Å². The van der Waals surface area contributed by atoms with Crippen molar-refractivity contribution in [3.8, 4) is 0 Å². The average Bonchev–Trinajstić information content (AvgIpc) is 2.85. The lowest BCUT2D eigenvalue weighted by Crippen LogP contribution is -2.46. The number of carbonyl (C=O) groups is 2. The molecule has 1 aliphatic rings. The largest absolute Gasteiger partial charge is 0.349 e. The molecule has 8 nitrogen and oxygen atoms in total. The van der Waals surface area contributed by atoms with Gasteiger partial charge in [-0.2, -0.15) is 0 Å². The minimum absolute atomic E-state index is 0.0457. The van der Waals surface area contributed by atoms with Gasteiger partial charge in [-0.25, -0.2) is 8.42 Å². The van der Waals surface area contributed by atoms with Crippen LogP contribution in [0.25, 0.3) is 0 Å². The van der Waals surface area contributed by atoms with Crippen molar-refractivity contribution in [2.45, 2.75) is 23.8 Å². The standard InChI is InChI=1S/C24H23ClN4O4S/c25-18-7-9-20(10-8-18)34(32,33)28-22-6-2-1-5-21(22)24(31)29-14-11-19(12-15-29)27-23(30)17-4-3-13-26-16-17/h1-10,13,16,19,28H,11-12,14-15H2,(H,27,30). The van der Waals surface area contributed by atoms with E-state index in [2.05, 4.69) is 15.0 Å². The first kappa shape index (κ1) is 23.7. The molecule has 1 aliphatic heterocycles. The van der Waals surface area contributed by atoms with Gasteiger partial charge in [0.25, 0.3) is 21.8 Å². The Balaban J connectivity index is 1.41. The molecule has 0 bridgehead atoms. The Kier molecular flexibility index (Phi) is 7.14. The number of nitrogens with zero attached hydrogens (tertiary/aromatic N) is 2. The van der Waals surface area contributed by atoms with E-state index in [0.29, 0.717) is 36.5 Å². The number of halogens is 1. The maximum Gasteiger partial charge on any atom is 0.261 e. The molecular formula is C24H23ClN4O4S. The van der Waals surface area contributed by atoms with E-state index >= 15 is 0 Å². The summed E-state index contributed by atoms with van der Waals surface area (Å²) in [5.74, 6) is -0.466. The topological polar surface area (TPSA) is 108 Å². The number of amides is 2. The van der Waals surface area contributed by atoms with E-state index in [4.69, 9.17) is 11.6 Å². The number of hydrogen-bond donors (Lipinski definition) is 2. The molecule has 2 aromatic carbocycles. The SMILES string of the molecule is O=C(NC1CCN(C(=O)c2ccccc2NS(=O)(=O)c2ccc(Cl)cc2)CC1)c1cccnc1. The molecule has 3 aromatic rings. The number of rotatable bonds is 6. The van der Waals surface area contributed by atoms with E-state index in [0.717, 1.165) is 0 Å². The van der Waals surface area contributed by atoms with Crippen LogP contribution in [0.1, 0.15) is 33.6 Å². The van der Waals surface area contributed by atoms with Crippen LogP contribution in [-0.4, -0.2) is 49.2 Å². The van der Waals surface area contributed by atoms with E-state index in [-0.39, 0.29) is 34.0 Å². The van der Waals surface area contributed by atoms with Crippen LogP contribution < -0.4 is 10.0 Å².